The molecule has 47 heavy (non-hydrogen) atoms. The number of rotatable bonds is 0. The van der Waals surface area contributed by atoms with Crippen molar-refractivity contribution >= 4 is 51.7 Å². The Kier molecular flexibility index (Phi) is 13.1. The number of anilines is 2. The summed E-state index contributed by atoms with van der Waals surface area (Å²) in [5, 5.41) is 13.2. The molecule has 3 aliphatic heterocycles. The topological polar surface area (TPSA) is 314 Å². The van der Waals surface area contributed by atoms with Gasteiger partial charge in [-0.05, 0) is 13.0 Å². The number of imidazole rings is 2. The number of hydrogen-bond donors (Lipinski definition) is 11. The average molecular weight is 646 g/mol. The van der Waals surface area contributed by atoms with E-state index < -0.39 is 0 Å². The lowest BCUT2D eigenvalue weighted by atomic mass is 10.3. The average Bonchev–Trinajstić information content (AvgIpc) is 3.67. The summed E-state index contributed by atoms with van der Waals surface area (Å²) in [5.74, 6) is 2.44. The van der Waals surface area contributed by atoms with Crippen LogP contribution in [0.2, 0.25) is 0 Å². The van der Waals surface area contributed by atoms with Crippen molar-refractivity contribution in [2.45, 2.75) is 14.4 Å². The maximum atomic E-state index is 11.0. The van der Waals surface area contributed by atoms with Gasteiger partial charge in [0, 0.05) is 30.2 Å². The van der Waals surface area contributed by atoms with Crippen molar-refractivity contribution in [1.82, 2.24) is 66.5 Å². The molecule has 2 amide bonds. The Morgan fingerprint density at radius 2 is 1.43 bits per heavy atom. The molecule has 0 aliphatic carbocycles. The predicted molar refractivity (Wildman–Crippen MR) is 179 cm³/mol. The van der Waals surface area contributed by atoms with E-state index in [1.165, 1.54) is 25.1 Å². The quantitative estimate of drug-likeness (QED) is 0.115. The van der Waals surface area contributed by atoms with Crippen molar-refractivity contribution in [3.05, 3.63) is 103 Å². The van der Waals surface area contributed by atoms with Crippen LogP contribution in [0, 0.1) is 0 Å². The number of amidine groups is 1. The number of fused-ring (bicyclic) bond motifs is 2. The molecule has 0 saturated carbocycles. The SMILES string of the molecule is C.C=C1N=C(N)C=CN1.C=C1NC=C(C)C(=O)N1.C=C1NC=CC(=O)N1.Nc1nc2nc[nH]c2c(=O)[nH]1.Nc1ncnc2nc[nH]c12. The van der Waals surface area contributed by atoms with Gasteiger partial charge in [-0.3, -0.25) is 19.4 Å². The van der Waals surface area contributed by atoms with Crippen LogP contribution < -0.4 is 49.3 Å². The van der Waals surface area contributed by atoms with Gasteiger partial charge in [-0.2, -0.15) is 4.98 Å². The number of carbonyl (C=O) groups is 2. The minimum atomic E-state index is -0.301. The number of hydrogen-bond acceptors (Lipinski definition) is 15. The number of nitrogens with two attached hydrogens (primary N) is 3. The normalized spacial score (nSPS) is 14.1. The summed E-state index contributed by atoms with van der Waals surface area (Å²) in [6, 6.07) is 0. The molecule has 7 rings (SSSR count). The van der Waals surface area contributed by atoms with Crippen LogP contribution in [0.4, 0.5) is 11.8 Å². The van der Waals surface area contributed by atoms with Crippen LogP contribution in [0.25, 0.3) is 22.3 Å². The van der Waals surface area contributed by atoms with Gasteiger partial charge in [0.05, 0.1) is 12.7 Å². The minimum absolute atomic E-state index is 0. The second-order valence-corrected chi connectivity index (χ2v) is 8.72. The van der Waals surface area contributed by atoms with Gasteiger partial charge in [0.15, 0.2) is 22.6 Å². The molecular weight excluding hydrogens is 610 g/mol. The summed E-state index contributed by atoms with van der Waals surface area (Å²) < 4.78 is 0. The van der Waals surface area contributed by atoms with E-state index in [9.17, 15) is 14.4 Å². The van der Waals surface area contributed by atoms with E-state index in [1.807, 2.05) is 0 Å². The third-order valence-electron chi connectivity index (χ3n) is 5.19. The highest BCUT2D eigenvalue weighted by molar-refractivity contribution is 5.94. The van der Waals surface area contributed by atoms with Gasteiger partial charge < -0.3 is 53.8 Å². The monoisotopic (exact) mass is 645 g/mol. The van der Waals surface area contributed by atoms with Crippen molar-refractivity contribution in [2.24, 2.45) is 10.7 Å². The standard InChI is InChI=1S/C6H8N2O.C5H5N5O.C5H5N5.C5H7N3.C5H6N2O.CH4/c1-4-3-7-5(2)8-6(4)9;6-5-9-3-2(4(11)10-5)7-1-8-3;6-4-3-5(9-1-7-3)10-2-8-4;1-4-7-3-2-5(6)8-4;1-4-6-3-2-5(8)7-4;/h3,7H,2H2,1H3,(H,8,9);1H,(H4,6,7,8,9,10,11);1-2H,(H3,6,7,8,9,10);2-3,7H,1H2,(H2,6,8);2-3,6H,1H2,(H,7,8);1H4. The fraction of sp³-hybridized carbons (Fsp3) is 0.0741. The van der Waals surface area contributed by atoms with Gasteiger partial charge in [-0.1, -0.05) is 27.2 Å². The fourth-order valence-corrected chi connectivity index (χ4v) is 3.07. The molecule has 7 heterocycles. The molecule has 4 aromatic heterocycles. The molecule has 0 unspecified atom stereocenters. The number of H-pyrrole nitrogens is 3. The zero-order valence-electron chi connectivity index (χ0n) is 24.4. The van der Waals surface area contributed by atoms with Gasteiger partial charge >= 0.3 is 0 Å². The largest absolute Gasteiger partial charge is 0.384 e. The van der Waals surface area contributed by atoms with Crippen LogP contribution in [-0.2, 0) is 9.59 Å². The molecule has 0 fully saturated rings. The number of aliphatic imine (C=N–C) groups is 1. The molecule has 20 heteroatoms. The van der Waals surface area contributed by atoms with E-state index in [0.717, 1.165) is 0 Å². The number of nitrogens with zero attached hydrogens (tertiary/aromatic N) is 6. The summed E-state index contributed by atoms with van der Waals surface area (Å²) in [7, 11) is 0. The van der Waals surface area contributed by atoms with Crippen molar-refractivity contribution in [3.8, 4) is 0 Å². The highest BCUT2D eigenvalue weighted by Gasteiger charge is 2.08. The third-order valence-corrected chi connectivity index (χ3v) is 5.19. The number of aromatic amines is 3. The Bertz CT molecular complexity index is 1940. The Labute approximate surface area is 267 Å². The van der Waals surface area contributed by atoms with E-state index in [0.29, 0.717) is 57.0 Å². The molecule has 0 aromatic carbocycles. The molecule has 0 saturated heterocycles. The van der Waals surface area contributed by atoms with Gasteiger partial charge in [0.2, 0.25) is 5.95 Å². The molecule has 20 nitrogen and oxygen atoms in total. The number of nitrogens with one attached hydrogen (secondary N) is 8. The number of amides is 2. The molecular formula is C27H35N17O3. The van der Waals surface area contributed by atoms with Crippen LogP contribution in [0.15, 0.2) is 102 Å². The Morgan fingerprint density at radius 3 is 1.98 bits per heavy atom. The van der Waals surface area contributed by atoms with Gasteiger partial charge in [-0.25, -0.2) is 24.9 Å². The van der Waals surface area contributed by atoms with Gasteiger partial charge in [0.1, 0.15) is 35.1 Å². The van der Waals surface area contributed by atoms with Crippen molar-refractivity contribution in [3.63, 3.8) is 0 Å². The predicted octanol–water partition coefficient (Wildman–Crippen LogP) is -0.497. The summed E-state index contributed by atoms with van der Waals surface area (Å²) in [6.07, 6.45) is 12.3. The summed E-state index contributed by atoms with van der Waals surface area (Å²) >= 11 is 0. The first-order valence-corrected chi connectivity index (χ1v) is 12.8. The molecule has 0 bridgehead atoms. The van der Waals surface area contributed by atoms with Crippen molar-refractivity contribution in [1.29, 1.82) is 0 Å². The van der Waals surface area contributed by atoms with Crippen LogP contribution in [0.5, 0.6) is 0 Å². The lowest BCUT2D eigenvalue weighted by Crippen LogP contribution is -2.33. The Hall–Kier alpha value is -7.25. The minimum Gasteiger partial charge on any atom is -0.384 e. The lowest BCUT2D eigenvalue weighted by Gasteiger charge is -2.13. The first kappa shape index (κ1) is 35.9. The smallest absolute Gasteiger partial charge is 0.278 e. The third kappa shape index (κ3) is 11.4. The molecule has 246 valence electrons. The second kappa shape index (κ2) is 17.1. The second-order valence-electron chi connectivity index (χ2n) is 8.72. The molecule has 0 spiro atoms. The fourth-order valence-electron chi connectivity index (χ4n) is 3.07. The van der Waals surface area contributed by atoms with E-state index in [2.05, 4.69) is 91.2 Å². The van der Waals surface area contributed by atoms with Crippen LogP contribution in [0.3, 0.4) is 0 Å². The number of nitrogen functional groups attached to an aromatic ring is 2. The Morgan fingerprint density at radius 1 is 0.766 bits per heavy atom. The number of carbonyl (C=O) groups excluding carboxylic acids is 2. The first-order chi connectivity index (χ1) is 21.9. The summed E-state index contributed by atoms with van der Waals surface area (Å²) in [5.41, 5.74) is 18.4. The van der Waals surface area contributed by atoms with E-state index in [1.54, 1.807) is 31.6 Å². The Balaban J connectivity index is 0.000000204. The zero-order chi connectivity index (χ0) is 33.6. The van der Waals surface area contributed by atoms with Crippen LogP contribution >= 0.6 is 0 Å². The molecule has 0 atom stereocenters. The van der Waals surface area contributed by atoms with Gasteiger partial charge in [-0.15, -0.1) is 0 Å². The van der Waals surface area contributed by atoms with Crippen molar-refractivity contribution in [2.75, 3.05) is 11.5 Å². The van der Waals surface area contributed by atoms with E-state index >= 15 is 0 Å². The molecule has 3 aliphatic rings. The summed E-state index contributed by atoms with van der Waals surface area (Å²) in [4.78, 5) is 62.8. The zero-order valence-corrected chi connectivity index (χ0v) is 24.4. The summed E-state index contributed by atoms with van der Waals surface area (Å²) in [6.45, 7) is 12.2. The van der Waals surface area contributed by atoms with E-state index in [4.69, 9.17) is 17.2 Å². The van der Waals surface area contributed by atoms with E-state index in [-0.39, 0.29) is 30.7 Å². The first-order valence-electron chi connectivity index (χ1n) is 12.8. The molecule has 0 radical (unpaired) electrons. The highest BCUT2D eigenvalue weighted by Crippen LogP contribution is 2.09. The maximum Gasteiger partial charge on any atom is 0.278 e. The molecule has 14 N–H and O–H groups in total. The number of aromatic nitrogens is 8. The lowest BCUT2D eigenvalue weighted by molar-refractivity contribution is -0.117. The maximum absolute atomic E-state index is 11.0. The molecule has 4 aromatic rings. The van der Waals surface area contributed by atoms with Gasteiger partial charge in [0.25, 0.3) is 17.4 Å². The van der Waals surface area contributed by atoms with Crippen LogP contribution in [-0.4, -0.2) is 57.5 Å². The van der Waals surface area contributed by atoms with Crippen molar-refractivity contribution < 1.29 is 9.59 Å². The highest BCUT2D eigenvalue weighted by atomic mass is 16.2. The van der Waals surface area contributed by atoms with Crippen LogP contribution in [0.1, 0.15) is 14.4 Å².